The molecule has 0 radical (unpaired) electrons. The molecular formula is C51H80O22. The lowest BCUT2D eigenvalue weighted by Gasteiger charge is -2.67. The number of rotatable bonds is 11. The van der Waals surface area contributed by atoms with Gasteiger partial charge in [-0.15, -0.1) is 0 Å². The van der Waals surface area contributed by atoms with Crippen molar-refractivity contribution in [2.24, 2.45) is 50.7 Å². The van der Waals surface area contributed by atoms with Crippen LogP contribution in [-0.4, -0.2) is 217 Å². The summed E-state index contributed by atoms with van der Waals surface area (Å²) in [4.78, 5) is 29.0. The van der Waals surface area contributed by atoms with Crippen LogP contribution >= 0.6 is 0 Å². The maximum absolute atomic E-state index is 15.0. The zero-order valence-corrected chi connectivity index (χ0v) is 42.3. The minimum absolute atomic E-state index is 0.0463. The summed E-state index contributed by atoms with van der Waals surface area (Å²) >= 11 is 0. The van der Waals surface area contributed by atoms with Crippen LogP contribution in [0.3, 0.4) is 0 Å². The maximum atomic E-state index is 15.0. The Morgan fingerprint density at radius 2 is 1.27 bits per heavy atom. The lowest BCUT2D eigenvalue weighted by Crippen LogP contribution is -2.64. The highest BCUT2D eigenvalue weighted by Gasteiger charge is 2.68. The number of esters is 1. The minimum Gasteiger partial charge on any atom is -0.432 e. The largest absolute Gasteiger partial charge is 0.432 e. The second-order valence-corrected chi connectivity index (χ2v) is 24.5. The van der Waals surface area contributed by atoms with E-state index in [1.54, 1.807) is 0 Å². The summed E-state index contributed by atoms with van der Waals surface area (Å²) in [7, 11) is 0. The Bertz CT molecular complexity index is 2000. The quantitative estimate of drug-likeness (QED) is 0.0462. The Hall–Kier alpha value is -1.88. The van der Waals surface area contributed by atoms with E-state index in [2.05, 4.69) is 40.7 Å². The third kappa shape index (κ3) is 9.49. The van der Waals surface area contributed by atoms with Crippen molar-refractivity contribution in [2.45, 2.75) is 216 Å². The molecule has 4 heterocycles. The molecule has 73 heavy (non-hydrogen) atoms. The fraction of sp³-hybridized carbons (Fsp3) is 0.922. The molecule has 9 rings (SSSR count). The molecule has 416 valence electrons. The van der Waals surface area contributed by atoms with E-state index in [1.165, 1.54) is 0 Å². The molecule has 0 bridgehead atoms. The first-order chi connectivity index (χ1) is 34.3. The molecule has 5 aliphatic carbocycles. The van der Waals surface area contributed by atoms with Crippen molar-refractivity contribution >= 4 is 12.3 Å². The van der Waals surface area contributed by atoms with E-state index in [1.807, 2.05) is 0 Å². The van der Waals surface area contributed by atoms with E-state index in [4.69, 9.17) is 37.9 Å². The fourth-order valence-corrected chi connectivity index (χ4v) is 15.3. The standard InChI is InChI=1S/C51H80O22/c1-47(2)12-13-50(46(65)73-44-40(64)37(61)35(59)29(70-44)20-68-42-39(63)36(60)34(58)28(17-52)69-42)14-15-51(21-53)23-8-9-30-48(3,4)31(10-11-49(30,5)22(23)6-7-24(51)25(50)16-47)71-45-41(33(57)27(55)19-67-45)72-43-38(62)32(56)26(54)18-66-43/h7,21-23,25-45,52,54-64H,6,8-20H2,1-5H3/t22-,23+,25-,26+,27-,28+,29+,30?,31-,32-,33-,34+,35+,36-,37-,38+,39+,40+,41+,42+,43-,44-,45-,49+,50-,51+/m0/s1. The van der Waals surface area contributed by atoms with Gasteiger partial charge in [0.25, 0.3) is 0 Å². The van der Waals surface area contributed by atoms with Crippen LogP contribution in [0.5, 0.6) is 0 Å². The van der Waals surface area contributed by atoms with Crippen molar-refractivity contribution in [1.82, 2.24) is 0 Å². The molecule has 0 spiro atoms. The van der Waals surface area contributed by atoms with Crippen molar-refractivity contribution in [3.05, 3.63) is 11.6 Å². The van der Waals surface area contributed by atoms with Crippen LogP contribution in [-0.2, 0) is 47.5 Å². The van der Waals surface area contributed by atoms with Gasteiger partial charge >= 0.3 is 5.97 Å². The average molecular weight is 1050 g/mol. The predicted octanol–water partition coefficient (Wildman–Crippen LogP) is -1.97. The minimum atomic E-state index is -1.87. The van der Waals surface area contributed by atoms with E-state index >= 15 is 0 Å². The highest BCUT2D eigenvalue weighted by molar-refractivity contribution is 5.80. The molecule has 4 aliphatic heterocycles. The molecule has 4 saturated carbocycles. The van der Waals surface area contributed by atoms with Crippen LogP contribution in [0, 0.1) is 50.7 Å². The summed E-state index contributed by atoms with van der Waals surface area (Å²) < 4.78 is 47.1. The summed E-state index contributed by atoms with van der Waals surface area (Å²) in [5.74, 6) is -0.934. The van der Waals surface area contributed by atoms with Gasteiger partial charge in [0.05, 0.1) is 43.4 Å². The highest BCUT2D eigenvalue weighted by Crippen LogP contribution is 2.72. The lowest BCUT2D eigenvalue weighted by atomic mass is 9.37. The number of ether oxygens (including phenoxy) is 8. The van der Waals surface area contributed by atoms with Gasteiger partial charge < -0.3 is 104 Å². The van der Waals surface area contributed by atoms with Crippen LogP contribution < -0.4 is 0 Å². The van der Waals surface area contributed by atoms with Crippen molar-refractivity contribution in [3.8, 4) is 0 Å². The molecule has 4 saturated heterocycles. The first-order valence-electron chi connectivity index (χ1n) is 26.3. The molecule has 22 heteroatoms. The van der Waals surface area contributed by atoms with Gasteiger partial charge in [0, 0.05) is 0 Å². The van der Waals surface area contributed by atoms with Gasteiger partial charge in [0.2, 0.25) is 6.29 Å². The third-order valence-corrected chi connectivity index (χ3v) is 19.6. The van der Waals surface area contributed by atoms with Crippen LogP contribution in [0.1, 0.15) is 98.8 Å². The molecule has 9 aliphatic rings. The number of allylic oxidation sites excluding steroid dienone is 2. The SMILES string of the molecule is CC1(C)CC[C@]2(C(=O)O[C@@H]3O[C@H](CO[C@@H]4O[C@H](CO)[C@@H](O)[C@H](O)[C@H]4O)[C@@H](O)[C@H](O)[C@H]3O)CC[C@]3(C=O)C(=CC[C@H]4[C@H]3CCC3C(C)(C)[C@@H](O[C@@H]5OC[C@H](O)[C@H](O)[C@H]5O[C@@H]5OC[C@@H](O)[C@H](O)[C@H]5O)CC[C@@]34C)[C@@H]2C1. The second-order valence-electron chi connectivity index (χ2n) is 24.5. The Morgan fingerprint density at radius 3 is 1.96 bits per heavy atom. The van der Waals surface area contributed by atoms with E-state index in [0.29, 0.717) is 44.9 Å². The van der Waals surface area contributed by atoms with Crippen LogP contribution in [0.2, 0.25) is 0 Å². The topological polar surface area (TPSA) is 351 Å². The normalized spacial score (nSPS) is 52.6. The Morgan fingerprint density at radius 1 is 0.658 bits per heavy atom. The van der Waals surface area contributed by atoms with E-state index in [-0.39, 0.29) is 41.8 Å². The molecule has 1 unspecified atom stereocenters. The maximum Gasteiger partial charge on any atom is 0.315 e. The van der Waals surface area contributed by atoms with Gasteiger partial charge in [-0.05, 0) is 104 Å². The van der Waals surface area contributed by atoms with Crippen LogP contribution in [0.15, 0.2) is 11.6 Å². The molecule has 12 N–H and O–H groups in total. The number of hydrogen-bond acceptors (Lipinski definition) is 22. The Balaban J connectivity index is 0.919. The van der Waals surface area contributed by atoms with Gasteiger partial charge in [-0.3, -0.25) is 4.79 Å². The molecule has 22 nitrogen and oxygen atoms in total. The molecular weight excluding hydrogens is 965 g/mol. The second kappa shape index (κ2) is 20.7. The number of aldehydes is 1. The molecule has 0 aromatic rings. The number of aliphatic hydroxyl groups excluding tert-OH is 12. The first-order valence-corrected chi connectivity index (χ1v) is 26.3. The van der Waals surface area contributed by atoms with E-state index in [9.17, 15) is 70.9 Å². The van der Waals surface area contributed by atoms with Gasteiger partial charge in [-0.1, -0.05) is 46.3 Å². The summed E-state index contributed by atoms with van der Waals surface area (Å²) in [5.41, 5.74) is -2.03. The lowest BCUT2D eigenvalue weighted by molar-refractivity contribution is -0.356. The number of carbonyl (C=O) groups is 2. The zero-order valence-electron chi connectivity index (χ0n) is 42.3. The predicted molar refractivity (Wildman–Crippen MR) is 247 cm³/mol. The zero-order chi connectivity index (χ0) is 52.9. The fourth-order valence-electron chi connectivity index (χ4n) is 15.3. The van der Waals surface area contributed by atoms with Crippen molar-refractivity contribution in [1.29, 1.82) is 0 Å². The van der Waals surface area contributed by atoms with Crippen molar-refractivity contribution in [2.75, 3.05) is 26.4 Å². The summed E-state index contributed by atoms with van der Waals surface area (Å²) in [5, 5.41) is 126. The third-order valence-electron chi connectivity index (χ3n) is 19.6. The molecule has 8 fully saturated rings. The Kier molecular flexibility index (Phi) is 15.9. The first kappa shape index (κ1) is 55.9. The average Bonchev–Trinajstić information content (AvgIpc) is 3.35. The summed E-state index contributed by atoms with van der Waals surface area (Å²) in [6, 6.07) is 0. The van der Waals surface area contributed by atoms with Gasteiger partial charge in [0.15, 0.2) is 18.9 Å². The highest BCUT2D eigenvalue weighted by atomic mass is 16.8. The summed E-state index contributed by atoms with van der Waals surface area (Å²) in [6.07, 6.45) is -19.3. The number of fused-ring (bicyclic) bond motifs is 7. The van der Waals surface area contributed by atoms with Gasteiger partial charge in [0.1, 0.15) is 91.7 Å². The number of hydrogen-bond donors (Lipinski definition) is 12. The van der Waals surface area contributed by atoms with E-state index in [0.717, 1.165) is 31.1 Å². The van der Waals surface area contributed by atoms with Crippen molar-refractivity contribution in [3.63, 3.8) is 0 Å². The molecule has 0 aromatic carbocycles. The van der Waals surface area contributed by atoms with Crippen LogP contribution in [0.25, 0.3) is 0 Å². The van der Waals surface area contributed by atoms with Gasteiger partial charge in [-0.2, -0.15) is 0 Å². The smallest absolute Gasteiger partial charge is 0.315 e. The van der Waals surface area contributed by atoms with E-state index < -0.39 is 158 Å². The van der Waals surface area contributed by atoms with Crippen molar-refractivity contribution < 1.29 is 109 Å². The number of aliphatic hydroxyl groups is 12. The summed E-state index contributed by atoms with van der Waals surface area (Å²) in [6.45, 7) is 9.04. The molecule has 0 amide bonds. The van der Waals surface area contributed by atoms with Gasteiger partial charge in [-0.25, -0.2) is 0 Å². The van der Waals surface area contributed by atoms with Crippen LogP contribution in [0.4, 0.5) is 0 Å². The Labute approximate surface area is 424 Å². The number of carbonyl (C=O) groups excluding carboxylic acids is 2. The monoisotopic (exact) mass is 1040 g/mol. The molecule has 26 atom stereocenters. The molecule has 0 aromatic heterocycles.